The van der Waals surface area contributed by atoms with Crippen LogP contribution in [-0.4, -0.2) is 77.0 Å². The highest BCUT2D eigenvalue weighted by Gasteiger charge is 2.20. The highest BCUT2D eigenvalue weighted by Crippen LogP contribution is 2.25. The van der Waals surface area contributed by atoms with E-state index in [9.17, 15) is 4.79 Å². The van der Waals surface area contributed by atoms with Gasteiger partial charge in [0.2, 0.25) is 5.95 Å². The fraction of sp³-hybridized carbons (Fsp3) is 0.343. The second kappa shape index (κ2) is 13.9. The minimum atomic E-state index is -0.232. The Bertz CT molecular complexity index is 1980. The number of ether oxygens (including phenoxy) is 1. The van der Waals surface area contributed by atoms with Crippen molar-refractivity contribution in [1.82, 2.24) is 29.8 Å². The van der Waals surface area contributed by atoms with Crippen molar-refractivity contribution in [2.24, 2.45) is 0 Å². The van der Waals surface area contributed by atoms with Gasteiger partial charge >= 0.3 is 0 Å². The molecule has 5 aromatic rings. The predicted molar refractivity (Wildman–Crippen MR) is 187 cm³/mol. The van der Waals surface area contributed by atoms with Crippen LogP contribution < -0.4 is 26.0 Å². The molecule has 0 aliphatic carbocycles. The highest BCUT2D eigenvalue weighted by molar-refractivity contribution is 7.09. The molecule has 47 heavy (non-hydrogen) atoms. The Labute approximate surface area is 277 Å². The third-order valence-corrected chi connectivity index (χ3v) is 9.55. The molecule has 11 nitrogen and oxygen atoms in total. The maximum Gasteiger partial charge on any atom is 0.268 e. The maximum atomic E-state index is 14.1. The molecule has 2 N–H and O–H groups in total. The first-order valence-corrected chi connectivity index (χ1v) is 16.8. The van der Waals surface area contributed by atoms with Gasteiger partial charge in [-0.1, -0.05) is 5.92 Å². The van der Waals surface area contributed by atoms with Crippen LogP contribution in [0.25, 0.3) is 11.0 Å². The van der Waals surface area contributed by atoms with Crippen molar-refractivity contribution in [1.29, 1.82) is 0 Å². The Balaban J connectivity index is 1.23. The molecule has 7 rings (SSSR count). The van der Waals surface area contributed by atoms with Gasteiger partial charge in [-0.25, -0.2) is 9.97 Å². The van der Waals surface area contributed by atoms with Crippen LogP contribution in [0.2, 0.25) is 0 Å². The number of hydrogen-bond donors (Lipinski definition) is 2. The average molecular weight is 648 g/mol. The molecule has 0 amide bonds. The summed E-state index contributed by atoms with van der Waals surface area (Å²) in [5.74, 6) is 6.57. The van der Waals surface area contributed by atoms with E-state index in [4.69, 9.17) is 9.72 Å². The van der Waals surface area contributed by atoms with Crippen LogP contribution in [0.4, 0.5) is 23.0 Å². The molecular weight excluding hydrogens is 611 g/mol. The lowest BCUT2D eigenvalue weighted by molar-refractivity contribution is 0.122. The fourth-order valence-corrected chi connectivity index (χ4v) is 6.65. The number of hydrogen-bond acceptors (Lipinski definition) is 11. The largest absolute Gasteiger partial charge is 0.378 e. The minimum Gasteiger partial charge on any atom is -0.378 e. The molecule has 1 atom stereocenters. The fourth-order valence-electron chi connectivity index (χ4n) is 6.12. The monoisotopic (exact) mass is 647 g/mol. The van der Waals surface area contributed by atoms with Gasteiger partial charge in [-0.3, -0.25) is 14.3 Å². The number of morpholine rings is 1. The van der Waals surface area contributed by atoms with E-state index in [2.05, 4.69) is 66.4 Å². The van der Waals surface area contributed by atoms with Crippen molar-refractivity contribution in [3.05, 3.63) is 92.6 Å². The zero-order valence-corrected chi connectivity index (χ0v) is 27.4. The molecule has 2 saturated heterocycles. The Morgan fingerprint density at radius 1 is 1.13 bits per heavy atom. The number of anilines is 4. The van der Waals surface area contributed by atoms with Crippen LogP contribution in [0.1, 0.15) is 34.5 Å². The molecule has 240 valence electrons. The molecular formula is C35H37N9O2S. The van der Waals surface area contributed by atoms with E-state index in [-0.39, 0.29) is 12.1 Å². The molecule has 1 aromatic carbocycles. The van der Waals surface area contributed by atoms with E-state index in [1.807, 2.05) is 31.3 Å². The Kier molecular flexibility index (Phi) is 9.10. The van der Waals surface area contributed by atoms with Gasteiger partial charge in [-0.2, -0.15) is 4.98 Å². The lowest BCUT2D eigenvalue weighted by Gasteiger charge is -2.33. The molecule has 6 heterocycles. The third kappa shape index (κ3) is 6.83. The van der Waals surface area contributed by atoms with Crippen molar-refractivity contribution in [2.45, 2.75) is 32.4 Å². The SMILES string of the molecule is Cc1scnc1C#Cc1cc2cnc(Nc3ccc(N(C)C4CCCNC4)cc3)nc2n(Cc2cnccc2N2CCOCC2)c1=O. The van der Waals surface area contributed by atoms with Crippen LogP contribution in [-0.2, 0) is 11.3 Å². The maximum absolute atomic E-state index is 14.1. The van der Waals surface area contributed by atoms with Gasteiger partial charge in [0, 0.05) is 84.2 Å². The second-order valence-corrected chi connectivity index (χ2v) is 12.9. The quantitative estimate of drug-likeness (QED) is 0.250. The lowest BCUT2D eigenvalue weighted by Crippen LogP contribution is -2.44. The molecule has 2 fully saturated rings. The molecule has 0 radical (unpaired) electrons. The van der Waals surface area contributed by atoms with Gasteiger partial charge in [0.05, 0.1) is 30.8 Å². The molecule has 2 aliphatic rings. The van der Waals surface area contributed by atoms with E-state index in [1.165, 1.54) is 24.2 Å². The number of aryl methyl sites for hydroxylation is 1. The van der Waals surface area contributed by atoms with Gasteiger partial charge in [0.25, 0.3) is 5.56 Å². The number of rotatable bonds is 7. The summed E-state index contributed by atoms with van der Waals surface area (Å²) in [6.45, 7) is 7.18. The topological polar surface area (TPSA) is 113 Å². The summed E-state index contributed by atoms with van der Waals surface area (Å²) in [4.78, 5) is 38.0. The van der Waals surface area contributed by atoms with Crippen LogP contribution in [0.5, 0.6) is 0 Å². The second-order valence-electron chi connectivity index (χ2n) is 11.8. The molecule has 2 aliphatic heterocycles. The summed E-state index contributed by atoms with van der Waals surface area (Å²) in [5.41, 5.74) is 7.04. The highest BCUT2D eigenvalue weighted by atomic mass is 32.1. The lowest BCUT2D eigenvalue weighted by atomic mass is 10.1. The van der Waals surface area contributed by atoms with Crippen LogP contribution in [0, 0.1) is 18.8 Å². The molecule has 12 heteroatoms. The number of nitrogens with one attached hydrogen (secondary N) is 2. The van der Waals surface area contributed by atoms with E-state index in [0.29, 0.717) is 47.5 Å². The van der Waals surface area contributed by atoms with E-state index in [1.54, 1.807) is 28.5 Å². The number of pyridine rings is 2. The zero-order valence-electron chi connectivity index (χ0n) is 26.6. The van der Waals surface area contributed by atoms with Crippen molar-refractivity contribution >= 4 is 45.4 Å². The summed E-state index contributed by atoms with van der Waals surface area (Å²) in [6.07, 6.45) is 7.72. The van der Waals surface area contributed by atoms with Gasteiger partial charge < -0.3 is 25.2 Å². The Morgan fingerprint density at radius 3 is 2.74 bits per heavy atom. The number of thiazole rings is 1. The number of fused-ring (bicyclic) bond motifs is 1. The number of benzene rings is 1. The number of likely N-dealkylation sites (N-methyl/N-ethyl adjacent to an activating group) is 1. The molecule has 0 bridgehead atoms. The molecule has 0 saturated carbocycles. The summed E-state index contributed by atoms with van der Waals surface area (Å²) in [5, 5.41) is 7.55. The average Bonchev–Trinajstić information content (AvgIpc) is 3.54. The minimum absolute atomic E-state index is 0.232. The Hall–Kier alpha value is -4.83. The van der Waals surface area contributed by atoms with Crippen molar-refractivity contribution in [3.8, 4) is 11.8 Å². The van der Waals surface area contributed by atoms with Crippen molar-refractivity contribution in [2.75, 3.05) is 61.6 Å². The summed E-state index contributed by atoms with van der Waals surface area (Å²) in [7, 11) is 2.15. The standard InChI is InChI=1S/C35H37N9O2S/c1-24-31(39-23-47-24)10-5-25-18-26-20-38-35(40-28-6-8-29(9-7-28)42(2)30-4-3-12-36-21-30)41-33(26)44(34(25)45)22-27-19-37-13-11-32(27)43-14-16-46-17-15-43/h6-9,11,13,18-20,23,30,36H,3-4,12,14-17,21-22H2,1-2H3,(H,38,40,41). The van der Waals surface area contributed by atoms with Crippen LogP contribution >= 0.6 is 11.3 Å². The number of aromatic nitrogens is 5. The van der Waals surface area contributed by atoms with Crippen molar-refractivity contribution < 1.29 is 4.74 Å². The summed E-state index contributed by atoms with van der Waals surface area (Å²) < 4.78 is 7.26. The van der Waals surface area contributed by atoms with Gasteiger partial charge in [-0.15, -0.1) is 11.3 Å². The molecule has 0 spiro atoms. The predicted octanol–water partition coefficient (Wildman–Crippen LogP) is 4.17. The van der Waals surface area contributed by atoms with Gasteiger partial charge in [0.15, 0.2) is 0 Å². The van der Waals surface area contributed by atoms with Crippen LogP contribution in [0.15, 0.2) is 65.3 Å². The van der Waals surface area contributed by atoms with E-state index >= 15 is 0 Å². The van der Waals surface area contributed by atoms with Crippen molar-refractivity contribution in [3.63, 3.8) is 0 Å². The zero-order chi connectivity index (χ0) is 32.2. The number of piperidine rings is 1. The van der Waals surface area contributed by atoms with E-state index in [0.717, 1.165) is 53.7 Å². The summed E-state index contributed by atoms with van der Waals surface area (Å²) >= 11 is 1.53. The summed E-state index contributed by atoms with van der Waals surface area (Å²) in [6, 6.07) is 12.5. The number of nitrogens with zero attached hydrogens (tertiary/aromatic N) is 7. The molecule has 4 aromatic heterocycles. The smallest absolute Gasteiger partial charge is 0.268 e. The Morgan fingerprint density at radius 2 is 1.98 bits per heavy atom. The van der Waals surface area contributed by atoms with E-state index < -0.39 is 0 Å². The first-order chi connectivity index (χ1) is 23.0. The van der Waals surface area contributed by atoms with Gasteiger partial charge in [0.1, 0.15) is 11.3 Å². The first-order valence-electron chi connectivity index (χ1n) is 15.9. The van der Waals surface area contributed by atoms with Gasteiger partial charge in [-0.05, 0) is 68.6 Å². The van der Waals surface area contributed by atoms with Crippen LogP contribution in [0.3, 0.4) is 0 Å². The molecule has 1 unspecified atom stereocenters. The third-order valence-electron chi connectivity index (χ3n) is 8.79. The normalized spacial score (nSPS) is 16.5. The first kappa shape index (κ1) is 30.8.